The number of rotatable bonds is 6. The number of hydrogen-bond donors (Lipinski definition) is 1. The molecule has 3 rings (SSSR count). The zero-order chi connectivity index (χ0) is 19.9. The molecule has 5 heteroatoms. The Kier molecular flexibility index (Phi) is 6.17. The zero-order valence-electron chi connectivity index (χ0n) is 15.4. The van der Waals surface area contributed by atoms with Crippen molar-refractivity contribution in [3.63, 3.8) is 0 Å². The molecule has 4 nitrogen and oxygen atoms in total. The van der Waals surface area contributed by atoms with Crippen molar-refractivity contribution in [1.29, 1.82) is 0 Å². The third-order valence-electron chi connectivity index (χ3n) is 4.32. The highest BCUT2D eigenvalue weighted by Gasteiger charge is 2.13. The number of benzene rings is 3. The Hall–Kier alpha value is -3.47. The average Bonchev–Trinajstić information content (AvgIpc) is 2.71. The van der Waals surface area contributed by atoms with Crippen LogP contribution >= 0.6 is 0 Å². The summed E-state index contributed by atoms with van der Waals surface area (Å²) in [5, 5.41) is 4.97. The lowest BCUT2D eigenvalue weighted by molar-refractivity contribution is -0.144. The van der Waals surface area contributed by atoms with Gasteiger partial charge in [0.2, 0.25) is 0 Å². The summed E-state index contributed by atoms with van der Waals surface area (Å²) in [6.07, 6.45) is 2.41. The number of nitrogens with one attached hydrogen (secondary N) is 1. The van der Waals surface area contributed by atoms with Crippen LogP contribution in [0.2, 0.25) is 0 Å². The molecule has 0 aliphatic rings. The fourth-order valence-corrected chi connectivity index (χ4v) is 2.94. The van der Waals surface area contributed by atoms with Gasteiger partial charge in [-0.25, -0.2) is 9.18 Å². The van der Waals surface area contributed by atoms with E-state index in [9.17, 15) is 14.0 Å². The molecule has 0 saturated heterocycles. The second kappa shape index (κ2) is 8.95. The van der Waals surface area contributed by atoms with Gasteiger partial charge in [0.05, 0.1) is 6.04 Å². The molecule has 0 radical (unpaired) electrons. The van der Waals surface area contributed by atoms with E-state index in [0.29, 0.717) is 0 Å². The topological polar surface area (TPSA) is 55.4 Å². The summed E-state index contributed by atoms with van der Waals surface area (Å²) in [6, 6.07) is 19.6. The van der Waals surface area contributed by atoms with Gasteiger partial charge in [0.15, 0.2) is 6.61 Å². The van der Waals surface area contributed by atoms with Gasteiger partial charge in [0, 0.05) is 11.6 Å². The number of esters is 1. The molecule has 0 aromatic heterocycles. The summed E-state index contributed by atoms with van der Waals surface area (Å²) in [5.74, 6) is -1.56. The highest BCUT2D eigenvalue weighted by molar-refractivity contribution is 5.90. The first-order valence-corrected chi connectivity index (χ1v) is 8.91. The summed E-state index contributed by atoms with van der Waals surface area (Å²) in [4.78, 5) is 23.9. The second-order valence-corrected chi connectivity index (χ2v) is 6.32. The first-order valence-electron chi connectivity index (χ1n) is 8.91. The Morgan fingerprint density at radius 2 is 1.75 bits per heavy atom. The molecule has 0 fully saturated rings. The molecular formula is C23H20FNO3. The Labute approximate surface area is 162 Å². The molecular weight excluding hydrogens is 357 g/mol. The van der Waals surface area contributed by atoms with E-state index in [4.69, 9.17) is 4.74 Å². The van der Waals surface area contributed by atoms with Gasteiger partial charge in [-0.15, -0.1) is 0 Å². The SMILES string of the molecule is CC(NC(=O)COC(=O)/C=C/c1ccccc1F)c1cccc2ccccc12. The Balaban J connectivity index is 1.55. The van der Waals surface area contributed by atoms with Crippen molar-refractivity contribution < 1.29 is 18.7 Å². The van der Waals surface area contributed by atoms with Crippen LogP contribution < -0.4 is 5.32 Å². The van der Waals surface area contributed by atoms with Crippen LogP contribution in [0, 0.1) is 5.82 Å². The van der Waals surface area contributed by atoms with Crippen LogP contribution in [0.3, 0.4) is 0 Å². The third-order valence-corrected chi connectivity index (χ3v) is 4.32. The fraction of sp³-hybridized carbons (Fsp3) is 0.130. The van der Waals surface area contributed by atoms with Crippen LogP contribution in [0.1, 0.15) is 24.1 Å². The lowest BCUT2D eigenvalue weighted by atomic mass is 10.00. The molecule has 28 heavy (non-hydrogen) atoms. The van der Waals surface area contributed by atoms with E-state index < -0.39 is 24.3 Å². The molecule has 3 aromatic carbocycles. The maximum Gasteiger partial charge on any atom is 0.331 e. The maximum atomic E-state index is 13.5. The van der Waals surface area contributed by atoms with E-state index in [1.807, 2.05) is 49.4 Å². The number of amides is 1. The van der Waals surface area contributed by atoms with Crippen molar-refractivity contribution in [1.82, 2.24) is 5.32 Å². The molecule has 1 N–H and O–H groups in total. The first kappa shape index (κ1) is 19.3. The van der Waals surface area contributed by atoms with E-state index >= 15 is 0 Å². The van der Waals surface area contributed by atoms with Gasteiger partial charge in [-0.2, -0.15) is 0 Å². The Morgan fingerprint density at radius 3 is 2.57 bits per heavy atom. The van der Waals surface area contributed by atoms with Gasteiger partial charge in [-0.3, -0.25) is 4.79 Å². The van der Waals surface area contributed by atoms with Crippen molar-refractivity contribution in [2.24, 2.45) is 0 Å². The van der Waals surface area contributed by atoms with Crippen LogP contribution in [0.25, 0.3) is 16.8 Å². The number of ether oxygens (including phenoxy) is 1. The number of hydrogen-bond acceptors (Lipinski definition) is 3. The molecule has 0 spiro atoms. The highest BCUT2D eigenvalue weighted by Crippen LogP contribution is 2.23. The fourth-order valence-electron chi connectivity index (χ4n) is 2.94. The summed E-state index contributed by atoms with van der Waals surface area (Å²) < 4.78 is 18.4. The molecule has 0 aliphatic carbocycles. The quantitative estimate of drug-likeness (QED) is 0.511. The minimum atomic E-state index is -0.712. The Bertz CT molecular complexity index is 1020. The zero-order valence-corrected chi connectivity index (χ0v) is 15.4. The molecule has 142 valence electrons. The van der Waals surface area contributed by atoms with Gasteiger partial charge >= 0.3 is 5.97 Å². The van der Waals surface area contributed by atoms with Gasteiger partial charge in [0.25, 0.3) is 5.91 Å². The molecule has 3 aromatic rings. The van der Waals surface area contributed by atoms with E-state index in [1.54, 1.807) is 12.1 Å². The Morgan fingerprint density at radius 1 is 1.04 bits per heavy atom. The molecule has 0 aliphatic heterocycles. The normalized spacial score (nSPS) is 12.1. The van der Waals surface area contributed by atoms with E-state index in [0.717, 1.165) is 22.4 Å². The third kappa shape index (κ3) is 4.82. The summed E-state index contributed by atoms with van der Waals surface area (Å²) in [6.45, 7) is 1.47. The molecule has 0 heterocycles. The van der Waals surface area contributed by atoms with Gasteiger partial charge in [-0.05, 0) is 35.4 Å². The standard InChI is InChI=1S/C23H20FNO3/c1-16(19-11-6-9-17-7-2-4-10-20(17)19)25-22(26)15-28-23(27)14-13-18-8-3-5-12-21(18)24/h2-14,16H,15H2,1H3,(H,25,26)/b14-13+. The summed E-state index contributed by atoms with van der Waals surface area (Å²) in [7, 11) is 0. The van der Waals surface area contributed by atoms with Crippen LogP contribution in [0.5, 0.6) is 0 Å². The first-order chi connectivity index (χ1) is 13.5. The lowest BCUT2D eigenvalue weighted by Crippen LogP contribution is -2.31. The highest BCUT2D eigenvalue weighted by atomic mass is 19.1. The smallest absolute Gasteiger partial charge is 0.331 e. The number of halogens is 1. The number of carbonyl (C=O) groups excluding carboxylic acids is 2. The predicted octanol–water partition coefficient (Wildman–Crippen LogP) is 4.41. The monoisotopic (exact) mass is 377 g/mol. The summed E-state index contributed by atoms with van der Waals surface area (Å²) >= 11 is 0. The van der Waals surface area contributed by atoms with Crippen molar-refractivity contribution in [2.45, 2.75) is 13.0 Å². The number of fused-ring (bicyclic) bond motifs is 1. The van der Waals surface area contributed by atoms with Crippen molar-refractivity contribution in [3.05, 3.63) is 89.8 Å². The molecule has 1 amide bonds. The maximum absolute atomic E-state index is 13.5. The number of carbonyl (C=O) groups is 2. The average molecular weight is 377 g/mol. The molecule has 0 saturated carbocycles. The lowest BCUT2D eigenvalue weighted by Gasteiger charge is -2.16. The van der Waals surface area contributed by atoms with Crippen LogP contribution in [-0.4, -0.2) is 18.5 Å². The minimum Gasteiger partial charge on any atom is -0.452 e. The van der Waals surface area contributed by atoms with E-state index in [2.05, 4.69) is 5.32 Å². The van der Waals surface area contributed by atoms with Gasteiger partial charge in [-0.1, -0.05) is 60.7 Å². The van der Waals surface area contributed by atoms with Crippen LogP contribution in [0.4, 0.5) is 4.39 Å². The second-order valence-electron chi connectivity index (χ2n) is 6.32. The van der Waals surface area contributed by atoms with Crippen molar-refractivity contribution >= 4 is 28.7 Å². The predicted molar refractivity (Wildman–Crippen MR) is 107 cm³/mol. The van der Waals surface area contributed by atoms with Gasteiger partial charge < -0.3 is 10.1 Å². The van der Waals surface area contributed by atoms with Gasteiger partial charge in [0.1, 0.15) is 5.82 Å². The van der Waals surface area contributed by atoms with Crippen molar-refractivity contribution in [2.75, 3.05) is 6.61 Å². The minimum absolute atomic E-state index is 0.244. The van der Waals surface area contributed by atoms with E-state index in [1.165, 1.54) is 18.2 Å². The van der Waals surface area contributed by atoms with Crippen molar-refractivity contribution in [3.8, 4) is 0 Å². The molecule has 1 unspecified atom stereocenters. The van der Waals surface area contributed by atoms with Crippen LogP contribution in [0.15, 0.2) is 72.8 Å². The molecule has 0 bridgehead atoms. The van der Waals surface area contributed by atoms with Crippen LogP contribution in [-0.2, 0) is 14.3 Å². The largest absolute Gasteiger partial charge is 0.452 e. The summed E-state index contributed by atoms with van der Waals surface area (Å²) in [5.41, 5.74) is 1.26. The van der Waals surface area contributed by atoms with E-state index in [-0.39, 0.29) is 11.6 Å². The molecule has 1 atom stereocenters.